The first kappa shape index (κ1) is 31.4. The van der Waals surface area contributed by atoms with Crippen LogP contribution >= 0.6 is 0 Å². The van der Waals surface area contributed by atoms with E-state index >= 15 is 0 Å². The van der Waals surface area contributed by atoms with Crippen LogP contribution in [0.5, 0.6) is 0 Å². The summed E-state index contributed by atoms with van der Waals surface area (Å²) in [6, 6.07) is 13.3. The van der Waals surface area contributed by atoms with Gasteiger partial charge in [-0.2, -0.15) is 8.42 Å². The van der Waals surface area contributed by atoms with Crippen LogP contribution < -0.4 is 16.1 Å². The molecule has 1 aliphatic rings. The number of nitrogens with one attached hydrogen (secondary N) is 3. The van der Waals surface area contributed by atoms with Crippen molar-refractivity contribution in [1.29, 1.82) is 0 Å². The van der Waals surface area contributed by atoms with E-state index in [1.54, 1.807) is 56.3 Å². The Hall–Kier alpha value is -4.14. The fourth-order valence-electron chi connectivity index (χ4n) is 4.66. The zero-order valence-corrected chi connectivity index (χ0v) is 23.3. The highest BCUT2D eigenvalue weighted by atomic mass is 32.2. The predicted octanol–water partition coefficient (Wildman–Crippen LogP) is 0.756. The molecule has 0 aliphatic carbocycles. The molecule has 5 N–H and O–H groups in total. The van der Waals surface area contributed by atoms with E-state index in [4.69, 9.17) is 4.55 Å². The highest BCUT2D eigenvalue weighted by molar-refractivity contribution is 7.85. The summed E-state index contributed by atoms with van der Waals surface area (Å²) in [5.41, 5.74) is 2.42. The average molecular weight is 589 g/mol. The molecule has 41 heavy (non-hydrogen) atoms. The van der Waals surface area contributed by atoms with Gasteiger partial charge in [-0.3, -0.25) is 38.6 Å². The van der Waals surface area contributed by atoms with Gasteiger partial charge in [0.05, 0.1) is 23.0 Å². The minimum absolute atomic E-state index is 0.0619. The first-order valence-electron chi connectivity index (χ1n) is 12.8. The molecular weight excluding hydrogens is 556 g/mol. The summed E-state index contributed by atoms with van der Waals surface area (Å²) in [6.07, 6.45) is 0.00530. The van der Waals surface area contributed by atoms with Crippen LogP contribution in [0.15, 0.2) is 54.6 Å². The third-order valence-corrected chi connectivity index (χ3v) is 7.11. The zero-order valence-electron chi connectivity index (χ0n) is 22.4. The quantitative estimate of drug-likeness (QED) is 0.0970. The monoisotopic (exact) mass is 588 g/mol. The smallest absolute Gasteiger partial charge is 0.283 e. The van der Waals surface area contributed by atoms with Crippen LogP contribution in [0.3, 0.4) is 0 Å². The molecule has 0 saturated heterocycles. The maximum atomic E-state index is 13.7. The van der Waals surface area contributed by atoms with Gasteiger partial charge in [0.1, 0.15) is 11.9 Å². The lowest BCUT2D eigenvalue weighted by Crippen LogP contribution is -2.54. The number of carbonyl (C=O) groups excluding carboxylic acids is 5. The summed E-state index contributed by atoms with van der Waals surface area (Å²) < 4.78 is 31.4. The highest BCUT2D eigenvalue weighted by Gasteiger charge is 2.42. The summed E-state index contributed by atoms with van der Waals surface area (Å²) in [6.45, 7) is 3.02. The Morgan fingerprint density at radius 3 is 1.93 bits per heavy atom. The molecule has 220 valence electrons. The molecule has 1 aliphatic heterocycles. The Bertz CT molecular complexity index is 1380. The second-order valence-corrected chi connectivity index (χ2v) is 11.6. The number of hydroxylamine groups is 1. The molecule has 1 heterocycles. The van der Waals surface area contributed by atoms with Crippen molar-refractivity contribution in [3.8, 4) is 0 Å². The van der Waals surface area contributed by atoms with Crippen molar-refractivity contribution in [2.75, 3.05) is 12.4 Å². The Labute approximate surface area is 237 Å². The summed E-state index contributed by atoms with van der Waals surface area (Å²) >= 11 is 0. The van der Waals surface area contributed by atoms with E-state index in [0.717, 1.165) is 4.90 Å². The van der Waals surface area contributed by atoms with Gasteiger partial charge in [-0.25, -0.2) is 5.48 Å². The molecule has 0 aromatic heterocycles. The normalized spacial score (nSPS) is 15.2. The molecule has 3 rings (SSSR count). The summed E-state index contributed by atoms with van der Waals surface area (Å²) in [5.74, 6) is -7.92. The number of hydrogen-bond acceptors (Lipinski definition) is 8. The molecule has 0 saturated carbocycles. The third kappa shape index (κ3) is 8.19. The minimum atomic E-state index is -4.56. The number of imide groups is 1. The molecule has 13 nitrogen and oxygen atoms in total. The Morgan fingerprint density at radius 1 is 0.854 bits per heavy atom. The zero-order chi connectivity index (χ0) is 30.3. The molecule has 1 unspecified atom stereocenters. The number of rotatable bonds is 13. The number of fused-ring (bicyclic) bond motifs is 1. The molecule has 0 fully saturated rings. The Balaban J connectivity index is 1.91. The molecule has 0 spiro atoms. The van der Waals surface area contributed by atoms with Gasteiger partial charge < -0.3 is 10.6 Å². The van der Waals surface area contributed by atoms with E-state index in [-0.39, 0.29) is 29.9 Å². The van der Waals surface area contributed by atoms with Gasteiger partial charge in [0, 0.05) is 13.0 Å². The lowest BCUT2D eigenvalue weighted by molar-refractivity contribution is -0.142. The molecule has 14 heteroatoms. The van der Waals surface area contributed by atoms with Crippen molar-refractivity contribution in [1.82, 2.24) is 21.0 Å². The second kappa shape index (κ2) is 13.5. The summed E-state index contributed by atoms with van der Waals surface area (Å²) in [5, 5.41) is 14.1. The third-order valence-electron chi connectivity index (χ3n) is 6.60. The Kier molecular flexibility index (Phi) is 10.3. The van der Waals surface area contributed by atoms with E-state index in [0.29, 0.717) is 5.56 Å². The topological polar surface area (TPSA) is 199 Å². The maximum Gasteiger partial charge on any atom is 0.283 e. The molecule has 0 radical (unpaired) electrons. The second-order valence-electron chi connectivity index (χ2n) is 10.1. The van der Waals surface area contributed by atoms with Crippen molar-refractivity contribution < 1.29 is 42.2 Å². The SMILES string of the molecule is CC(C)C[C@@H](C(=O)N[C@@H](Cc1ccccc1)C(=O)NCS(=O)(=O)O)C(CN1C(=O)c2ccccc2C1=O)C(=O)NO. The van der Waals surface area contributed by atoms with Gasteiger partial charge in [-0.1, -0.05) is 56.3 Å². The first-order valence-corrected chi connectivity index (χ1v) is 14.4. The van der Waals surface area contributed by atoms with E-state index in [9.17, 15) is 37.6 Å². The number of hydrogen-bond donors (Lipinski definition) is 5. The van der Waals surface area contributed by atoms with Crippen LogP contribution in [-0.2, 0) is 30.9 Å². The van der Waals surface area contributed by atoms with Gasteiger partial charge in [-0.05, 0) is 30.0 Å². The van der Waals surface area contributed by atoms with Crippen molar-refractivity contribution in [2.45, 2.75) is 32.7 Å². The number of amides is 5. The number of nitrogens with zero attached hydrogens (tertiary/aromatic N) is 1. The summed E-state index contributed by atoms with van der Waals surface area (Å²) in [4.78, 5) is 66.3. The van der Waals surface area contributed by atoms with Crippen LogP contribution in [0.25, 0.3) is 0 Å². The van der Waals surface area contributed by atoms with E-state index in [1.807, 2.05) is 0 Å². The van der Waals surface area contributed by atoms with Crippen molar-refractivity contribution in [3.05, 3.63) is 71.3 Å². The van der Waals surface area contributed by atoms with Crippen LogP contribution in [0, 0.1) is 17.8 Å². The van der Waals surface area contributed by atoms with Gasteiger partial charge >= 0.3 is 0 Å². The highest BCUT2D eigenvalue weighted by Crippen LogP contribution is 2.28. The van der Waals surface area contributed by atoms with Crippen LogP contribution in [0.1, 0.15) is 46.5 Å². The van der Waals surface area contributed by atoms with Crippen molar-refractivity contribution >= 4 is 39.7 Å². The Morgan fingerprint density at radius 2 is 1.41 bits per heavy atom. The predicted molar refractivity (Wildman–Crippen MR) is 145 cm³/mol. The average Bonchev–Trinajstić information content (AvgIpc) is 3.17. The van der Waals surface area contributed by atoms with E-state index in [1.165, 1.54) is 17.6 Å². The summed E-state index contributed by atoms with van der Waals surface area (Å²) in [7, 11) is -4.56. The van der Waals surface area contributed by atoms with Gasteiger partial charge in [0.25, 0.3) is 21.9 Å². The first-order chi connectivity index (χ1) is 19.3. The molecular formula is C27H32N4O9S. The lowest BCUT2D eigenvalue weighted by Gasteiger charge is -2.30. The largest absolute Gasteiger partial charge is 0.344 e. The van der Waals surface area contributed by atoms with Gasteiger partial charge in [0.2, 0.25) is 17.7 Å². The fraction of sp³-hybridized carbons (Fsp3) is 0.370. The minimum Gasteiger partial charge on any atom is -0.344 e. The molecule has 2 aromatic rings. The molecule has 2 aromatic carbocycles. The molecule has 5 amide bonds. The van der Waals surface area contributed by atoms with Gasteiger partial charge in [0.15, 0.2) is 0 Å². The lowest BCUT2D eigenvalue weighted by atomic mass is 9.83. The standard InChI is InChI=1S/C27H32N4O9S/c1-16(2)12-20(21(24(33)30-37)14-31-26(35)18-10-6-7-11-19(18)27(31)36)23(32)29-22(13-17-8-4-3-5-9-17)25(34)28-15-41(38,39)40/h3-11,16,20-22,37H,12-15H2,1-2H3,(H,28,34)(H,29,32)(H,30,33)(H,38,39,40)/t20-,21?,22+/m1/s1. The van der Waals surface area contributed by atoms with Crippen molar-refractivity contribution in [2.24, 2.45) is 17.8 Å². The van der Waals surface area contributed by atoms with E-state index in [2.05, 4.69) is 10.6 Å². The van der Waals surface area contributed by atoms with Crippen LogP contribution in [0.2, 0.25) is 0 Å². The molecule has 0 bridgehead atoms. The number of carbonyl (C=O) groups is 5. The maximum absolute atomic E-state index is 13.7. The fourth-order valence-corrected chi connectivity index (χ4v) is 4.99. The molecule has 3 atom stereocenters. The van der Waals surface area contributed by atoms with Crippen LogP contribution in [-0.4, -0.2) is 71.1 Å². The van der Waals surface area contributed by atoms with E-state index < -0.39 is 70.0 Å². The number of benzene rings is 2. The van der Waals surface area contributed by atoms with Crippen molar-refractivity contribution in [3.63, 3.8) is 0 Å². The van der Waals surface area contributed by atoms with Gasteiger partial charge in [-0.15, -0.1) is 0 Å². The van der Waals surface area contributed by atoms with Crippen LogP contribution in [0.4, 0.5) is 0 Å².